The van der Waals surface area contributed by atoms with E-state index in [-0.39, 0.29) is 18.2 Å². The number of pyridine rings is 1. The molecular formula is C17H22N4O2S. The number of amides is 2. The maximum Gasteiger partial charge on any atom is 0.318 e. The monoisotopic (exact) mass is 346 g/mol. The highest BCUT2D eigenvalue weighted by atomic mass is 32.1. The molecule has 0 radical (unpaired) electrons. The molecule has 1 aliphatic rings. The Bertz CT molecular complexity index is 676. The van der Waals surface area contributed by atoms with Crippen LogP contribution in [-0.4, -0.2) is 40.6 Å². The number of ether oxygens (including phenoxy) is 1. The van der Waals surface area contributed by atoms with Gasteiger partial charge in [-0.05, 0) is 31.0 Å². The highest BCUT2D eigenvalue weighted by Gasteiger charge is 2.28. The minimum atomic E-state index is -0.135. The maximum atomic E-state index is 12.6. The summed E-state index contributed by atoms with van der Waals surface area (Å²) in [7, 11) is 0. The molecular weight excluding hydrogens is 324 g/mol. The Morgan fingerprint density at radius 3 is 2.96 bits per heavy atom. The third-order valence-corrected chi connectivity index (χ3v) is 5.13. The van der Waals surface area contributed by atoms with Gasteiger partial charge < -0.3 is 15.0 Å². The van der Waals surface area contributed by atoms with Crippen LogP contribution in [0.1, 0.15) is 41.8 Å². The van der Waals surface area contributed by atoms with E-state index in [1.54, 1.807) is 23.7 Å². The molecule has 2 aromatic heterocycles. The minimum Gasteiger partial charge on any atom is -0.367 e. The lowest BCUT2D eigenvalue weighted by molar-refractivity contribution is -0.0159. The molecule has 3 rings (SSSR count). The zero-order chi connectivity index (χ0) is 16.9. The molecule has 128 valence electrons. The molecule has 1 N–H and O–H groups in total. The van der Waals surface area contributed by atoms with Gasteiger partial charge in [0.2, 0.25) is 0 Å². The van der Waals surface area contributed by atoms with Gasteiger partial charge >= 0.3 is 6.03 Å². The number of thiazole rings is 1. The number of nitrogens with zero attached hydrogens (tertiary/aromatic N) is 3. The summed E-state index contributed by atoms with van der Waals surface area (Å²) in [4.78, 5) is 23.0. The van der Waals surface area contributed by atoms with E-state index in [0.717, 1.165) is 22.7 Å². The van der Waals surface area contributed by atoms with Crippen molar-refractivity contribution in [2.75, 3.05) is 19.7 Å². The Balaban J connectivity index is 1.63. The quantitative estimate of drug-likeness (QED) is 0.924. The summed E-state index contributed by atoms with van der Waals surface area (Å²) in [5.74, 6) is 0. The van der Waals surface area contributed by atoms with E-state index in [0.29, 0.717) is 19.7 Å². The fraction of sp³-hybridized carbons (Fsp3) is 0.471. The fourth-order valence-electron chi connectivity index (χ4n) is 2.76. The van der Waals surface area contributed by atoms with E-state index in [1.165, 1.54) is 0 Å². The summed E-state index contributed by atoms with van der Waals surface area (Å²) < 4.78 is 5.79. The van der Waals surface area contributed by atoms with Crippen LogP contribution in [0.4, 0.5) is 4.79 Å². The second-order valence-electron chi connectivity index (χ2n) is 5.82. The average molecular weight is 346 g/mol. The number of nitrogens with one attached hydrogen (secondary N) is 1. The highest BCUT2D eigenvalue weighted by molar-refractivity contribution is 7.09. The van der Waals surface area contributed by atoms with Crippen LogP contribution in [-0.2, 0) is 4.74 Å². The third-order valence-electron chi connectivity index (χ3n) is 4.08. The number of urea groups is 1. The first-order valence-corrected chi connectivity index (χ1v) is 9.04. The molecule has 0 bridgehead atoms. The van der Waals surface area contributed by atoms with Crippen LogP contribution in [0.25, 0.3) is 0 Å². The van der Waals surface area contributed by atoms with Crippen molar-refractivity contribution in [1.29, 1.82) is 0 Å². The summed E-state index contributed by atoms with van der Waals surface area (Å²) in [5.41, 5.74) is 2.06. The van der Waals surface area contributed by atoms with E-state index in [1.807, 2.05) is 29.3 Å². The molecule has 0 saturated carbocycles. The van der Waals surface area contributed by atoms with Gasteiger partial charge in [-0.1, -0.05) is 6.92 Å². The van der Waals surface area contributed by atoms with E-state index < -0.39 is 0 Å². The number of morpholine rings is 1. The van der Waals surface area contributed by atoms with E-state index in [2.05, 4.69) is 22.2 Å². The van der Waals surface area contributed by atoms with Gasteiger partial charge in [0.1, 0.15) is 11.1 Å². The number of aryl methyl sites for hydroxylation is 1. The Kier molecular flexibility index (Phi) is 5.42. The molecule has 1 aliphatic heterocycles. The molecule has 2 atom stereocenters. The lowest BCUT2D eigenvalue weighted by Gasteiger charge is -2.33. The van der Waals surface area contributed by atoms with E-state index >= 15 is 0 Å². The first-order valence-electron chi connectivity index (χ1n) is 8.16. The van der Waals surface area contributed by atoms with Crippen LogP contribution in [0.3, 0.4) is 0 Å². The average Bonchev–Trinajstić information content (AvgIpc) is 3.07. The number of rotatable bonds is 4. The lowest BCUT2D eigenvalue weighted by Crippen LogP contribution is -2.48. The number of carbonyl (C=O) groups is 1. The van der Waals surface area contributed by atoms with Crippen molar-refractivity contribution in [3.8, 4) is 0 Å². The molecule has 2 aromatic rings. The third kappa shape index (κ3) is 3.91. The number of hydrogen-bond acceptors (Lipinski definition) is 5. The summed E-state index contributed by atoms with van der Waals surface area (Å²) >= 11 is 1.58. The minimum absolute atomic E-state index is 0.0103. The fourth-order valence-corrected chi connectivity index (χ4v) is 3.60. The van der Waals surface area contributed by atoms with Gasteiger partial charge in [0.15, 0.2) is 0 Å². The van der Waals surface area contributed by atoms with Gasteiger partial charge in [-0.2, -0.15) is 0 Å². The van der Waals surface area contributed by atoms with Gasteiger partial charge in [-0.3, -0.25) is 4.98 Å². The van der Waals surface area contributed by atoms with Crippen molar-refractivity contribution in [1.82, 2.24) is 20.2 Å². The largest absolute Gasteiger partial charge is 0.367 e. The van der Waals surface area contributed by atoms with Crippen LogP contribution >= 0.6 is 11.3 Å². The van der Waals surface area contributed by atoms with Crippen LogP contribution in [0.2, 0.25) is 0 Å². The van der Waals surface area contributed by atoms with Crippen LogP contribution in [0.15, 0.2) is 29.9 Å². The van der Waals surface area contributed by atoms with Crippen LogP contribution in [0, 0.1) is 6.92 Å². The lowest BCUT2D eigenvalue weighted by atomic mass is 10.1. The SMILES string of the molecule is CC[C@H](NC(=O)N1CCO[C@H](c2nc(C)cs2)C1)c1ccncc1. The molecule has 2 amide bonds. The topological polar surface area (TPSA) is 67.4 Å². The zero-order valence-electron chi connectivity index (χ0n) is 13.9. The molecule has 1 saturated heterocycles. The van der Waals surface area contributed by atoms with Gasteiger partial charge in [0, 0.05) is 30.0 Å². The predicted octanol–water partition coefficient (Wildman–Crippen LogP) is 3.08. The smallest absolute Gasteiger partial charge is 0.318 e. The van der Waals surface area contributed by atoms with Gasteiger partial charge in [-0.25, -0.2) is 9.78 Å². The van der Waals surface area contributed by atoms with Crippen molar-refractivity contribution in [2.45, 2.75) is 32.4 Å². The molecule has 1 fully saturated rings. The van der Waals surface area contributed by atoms with Crippen molar-refractivity contribution >= 4 is 17.4 Å². The van der Waals surface area contributed by atoms with Crippen molar-refractivity contribution < 1.29 is 9.53 Å². The molecule has 7 heteroatoms. The van der Waals surface area contributed by atoms with Crippen molar-refractivity contribution in [3.05, 3.63) is 46.2 Å². The molecule has 24 heavy (non-hydrogen) atoms. The first kappa shape index (κ1) is 16.9. The van der Waals surface area contributed by atoms with Crippen LogP contribution < -0.4 is 5.32 Å². The second-order valence-corrected chi connectivity index (χ2v) is 6.71. The summed E-state index contributed by atoms with van der Waals surface area (Å²) in [6.07, 6.45) is 4.19. The first-order chi connectivity index (χ1) is 11.7. The standard InChI is InChI=1S/C17H22N4O2S/c1-3-14(13-4-6-18-7-5-13)20-17(22)21-8-9-23-15(10-21)16-19-12(2)11-24-16/h4-7,11,14-15H,3,8-10H2,1-2H3,(H,20,22)/t14-,15-/m0/s1. The highest BCUT2D eigenvalue weighted by Crippen LogP contribution is 2.25. The second kappa shape index (κ2) is 7.72. The Morgan fingerprint density at radius 1 is 1.50 bits per heavy atom. The molecule has 6 nitrogen and oxygen atoms in total. The molecule has 0 spiro atoms. The number of hydrogen-bond donors (Lipinski definition) is 1. The van der Waals surface area contributed by atoms with Crippen molar-refractivity contribution in [2.24, 2.45) is 0 Å². The number of aromatic nitrogens is 2. The van der Waals surface area contributed by atoms with Gasteiger partial charge in [0.25, 0.3) is 0 Å². The molecule has 3 heterocycles. The van der Waals surface area contributed by atoms with Gasteiger partial charge in [-0.15, -0.1) is 11.3 Å². The van der Waals surface area contributed by atoms with Crippen LogP contribution in [0.5, 0.6) is 0 Å². The van der Waals surface area contributed by atoms with Crippen molar-refractivity contribution in [3.63, 3.8) is 0 Å². The normalized spacial score (nSPS) is 19.1. The van der Waals surface area contributed by atoms with Gasteiger partial charge in [0.05, 0.1) is 19.2 Å². The maximum absolute atomic E-state index is 12.6. The predicted molar refractivity (Wildman–Crippen MR) is 92.9 cm³/mol. The Hall–Kier alpha value is -1.99. The molecule has 0 aromatic carbocycles. The summed E-state index contributed by atoms with van der Waals surface area (Å²) in [5, 5.41) is 6.06. The summed E-state index contributed by atoms with van der Waals surface area (Å²) in [6.45, 7) is 5.69. The molecule has 0 unspecified atom stereocenters. The Labute approximate surface area is 145 Å². The molecule has 0 aliphatic carbocycles. The Morgan fingerprint density at radius 2 is 2.29 bits per heavy atom. The van der Waals surface area contributed by atoms with E-state index in [9.17, 15) is 4.79 Å². The summed E-state index contributed by atoms with van der Waals surface area (Å²) in [6, 6.07) is 3.81. The number of carbonyl (C=O) groups excluding carboxylic acids is 1. The zero-order valence-corrected chi connectivity index (χ0v) is 14.8. The van der Waals surface area contributed by atoms with E-state index in [4.69, 9.17) is 4.74 Å².